The van der Waals surface area contributed by atoms with Crippen LogP contribution in [0.15, 0.2) is 139 Å². The molecule has 0 saturated carbocycles. The number of aromatic hydroxyl groups is 3. The number of phenolic OH excluding ortho intramolecular Hbond substituents is 3. The summed E-state index contributed by atoms with van der Waals surface area (Å²) in [4.78, 5) is 108. The molecule has 6 aromatic carbocycles. The fourth-order valence-corrected chi connectivity index (χ4v) is 15.2. The molecule has 11 bridgehead atoms. The van der Waals surface area contributed by atoms with Crippen LogP contribution >= 0.6 is 23.2 Å². The van der Waals surface area contributed by atoms with E-state index in [4.69, 9.17) is 83.0 Å². The zero-order valence-corrected chi connectivity index (χ0v) is 62.3. The molecular weight excluding hydrogens is 1550 g/mol. The minimum atomic E-state index is -2.28. The normalized spacial score (nSPS) is 31.9. The summed E-state index contributed by atoms with van der Waals surface area (Å²) in [7, 11) is 1.40. The molecule has 6 aromatic rings. The number of aliphatic hydroxyl groups is 7. The number of nitrogens with one attached hydrogen (secondary N) is 6. The lowest BCUT2D eigenvalue weighted by molar-refractivity contribution is -0.348. The molecule has 612 valence electrons. The van der Waals surface area contributed by atoms with Crippen LogP contribution in [0.3, 0.4) is 0 Å². The summed E-state index contributed by atoms with van der Waals surface area (Å²) in [6.07, 6.45) is -21.1. The van der Waals surface area contributed by atoms with E-state index in [1.165, 1.54) is 79.9 Å². The number of halogens is 2. The summed E-state index contributed by atoms with van der Waals surface area (Å²) in [5.41, 5.74) is 18.0. The quantitative estimate of drug-likeness (QED) is 0.0692. The van der Waals surface area contributed by atoms with Crippen LogP contribution in [-0.2, 0) is 68.4 Å². The van der Waals surface area contributed by atoms with Crippen molar-refractivity contribution < 1.29 is 132 Å². The maximum Gasteiger partial charge on any atom is 0.330 e. The number of methoxy groups -OCH3 is 1. The predicted molar refractivity (Wildman–Crippen MR) is 397 cm³/mol. The molecule has 0 aromatic heterocycles. The number of hydrogen-bond acceptors (Lipinski definition) is 29. The van der Waals surface area contributed by atoms with Crippen molar-refractivity contribution in [3.63, 3.8) is 0 Å². The average molecular weight is 1640 g/mol. The van der Waals surface area contributed by atoms with Gasteiger partial charge in [0.15, 0.2) is 42.5 Å². The van der Waals surface area contributed by atoms with E-state index in [1.807, 2.05) is 0 Å². The topological polar surface area (TPSA) is 575 Å². The lowest BCUT2D eigenvalue weighted by Crippen LogP contribution is -2.63. The molecule has 0 spiro atoms. The first-order chi connectivity index (χ1) is 54.8. The Labute approximate surface area is 663 Å². The molecular formula is C77H83Cl2N9O27. The molecule has 38 heteroatoms. The van der Waals surface area contributed by atoms with Crippen LogP contribution in [0, 0.1) is 0 Å². The molecule has 36 nitrogen and oxygen atoms in total. The van der Waals surface area contributed by atoms with Gasteiger partial charge in [-0.3, -0.25) is 28.8 Å². The van der Waals surface area contributed by atoms with Crippen LogP contribution in [0.25, 0.3) is 0 Å². The second-order valence-electron chi connectivity index (χ2n) is 28.5. The van der Waals surface area contributed by atoms with Crippen LogP contribution in [-0.4, -0.2) is 222 Å². The Bertz CT molecular complexity index is 4720. The number of ether oxygens (including phenoxy) is 9. The van der Waals surface area contributed by atoms with Gasteiger partial charge in [0.2, 0.25) is 47.5 Å². The van der Waals surface area contributed by atoms with Gasteiger partial charge in [0, 0.05) is 56.0 Å². The largest absolute Gasteiger partial charge is 0.508 e. The van der Waals surface area contributed by atoms with Crippen LogP contribution in [0.5, 0.6) is 46.0 Å². The van der Waals surface area contributed by atoms with Crippen molar-refractivity contribution in [1.29, 1.82) is 0 Å². The van der Waals surface area contributed by atoms with E-state index in [1.54, 1.807) is 37.3 Å². The fourth-order valence-electron chi connectivity index (χ4n) is 14.8. The summed E-state index contributed by atoms with van der Waals surface area (Å²) >= 11 is 13.6. The van der Waals surface area contributed by atoms with Gasteiger partial charge in [-0.25, -0.2) is 4.79 Å². The van der Waals surface area contributed by atoms with Gasteiger partial charge in [0.05, 0.1) is 35.0 Å². The summed E-state index contributed by atoms with van der Waals surface area (Å²) < 4.78 is 56.9. The number of aliphatic carboxylic acids is 1. The summed E-state index contributed by atoms with van der Waals surface area (Å²) in [6, 6.07) is 7.95. The molecule has 15 rings (SSSR count). The highest BCUT2D eigenvalue weighted by molar-refractivity contribution is 6.32. The van der Waals surface area contributed by atoms with Crippen molar-refractivity contribution in [3.8, 4) is 46.0 Å². The number of carboxylic acids is 1. The SMILES string of the molecule is CO[C@H]1[C@H](C)O[C@@H](O[C@@H]2c3ccc(c(Cl)c3)Oc3cc4cc(c3O[C@@H]3O[C@H](CO)[C@@H](O)[C@H](O)[C@H]3O[C@H]3C[C@H](N)[C@@H](O)[C@H](O)O3)Oc3ccc(cc3)[C@@H](O)[C@@H](NC(=O)[C@H](N)c3ccc(O)c(Cl)c3)C(=O)N[C@@H](Cc3ccccc3)C(=O)N[C@H]4C(=O)N[C@H]3C(=O)N[C@@H]2C(=O)N[C@H](C(=O)O)c2cc(O)cc(O)c2C2C=C3C=CC2O)C[C@@H]1N. The molecule has 9 aliphatic rings. The Morgan fingerprint density at radius 1 is 0.661 bits per heavy atom. The van der Waals surface area contributed by atoms with Gasteiger partial charge in [0.25, 0.3) is 0 Å². The molecule has 3 saturated heterocycles. The predicted octanol–water partition coefficient (Wildman–Crippen LogP) is 0.182. The van der Waals surface area contributed by atoms with Crippen LogP contribution in [0.1, 0.15) is 95.0 Å². The summed E-state index contributed by atoms with van der Waals surface area (Å²) in [5.74, 6) is -15.2. The number of aliphatic hydroxyl groups excluding tert-OH is 7. The number of fused-ring (bicyclic) bond motifs is 14. The number of carbonyl (C=O) groups excluding carboxylic acids is 6. The first-order valence-electron chi connectivity index (χ1n) is 36.2. The highest BCUT2D eigenvalue weighted by Gasteiger charge is 2.51. The Balaban J connectivity index is 1.04. The molecule has 8 aliphatic heterocycles. The summed E-state index contributed by atoms with van der Waals surface area (Å²) in [5, 5.41) is 139. The van der Waals surface area contributed by atoms with E-state index in [-0.39, 0.29) is 62.4 Å². The van der Waals surface area contributed by atoms with Gasteiger partial charge in [0.1, 0.15) is 102 Å². The van der Waals surface area contributed by atoms with Crippen LogP contribution < -0.4 is 63.3 Å². The molecule has 115 heavy (non-hydrogen) atoms. The van der Waals surface area contributed by atoms with Gasteiger partial charge < -0.3 is 148 Å². The number of rotatable bonds is 14. The summed E-state index contributed by atoms with van der Waals surface area (Å²) in [6.45, 7) is 0.623. The Morgan fingerprint density at radius 3 is 2.03 bits per heavy atom. The molecule has 3 fully saturated rings. The molecule has 8 heterocycles. The smallest absolute Gasteiger partial charge is 0.330 e. The van der Waals surface area contributed by atoms with Gasteiger partial charge in [-0.2, -0.15) is 0 Å². The maximum atomic E-state index is 16.6. The second kappa shape index (κ2) is 34.7. The number of nitrogens with two attached hydrogens (primary N) is 3. The van der Waals surface area contributed by atoms with Gasteiger partial charge in [-0.1, -0.05) is 96.0 Å². The van der Waals surface area contributed by atoms with Gasteiger partial charge in [-0.15, -0.1) is 0 Å². The van der Waals surface area contributed by atoms with Crippen molar-refractivity contribution in [2.75, 3.05) is 13.7 Å². The molecule has 23 N–H and O–H groups in total. The van der Waals surface area contributed by atoms with E-state index in [0.717, 1.165) is 30.3 Å². The zero-order valence-electron chi connectivity index (χ0n) is 60.8. The van der Waals surface area contributed by atoms with Crippen molar-refractivity contribution >= 4 is 64.6 Å². The first kappa shape index (κ1) is 82.8. The number of benzene rings is 6. The van der Waals surface area contributed by atoms with Crippen molar-refractivity contribution in [3.05, 3.63) is 188 Å². The standard InChI is InChI=1S/C77H83Cl2N9O27/c1-29-65(107-2)43(81)27-52(108-29)112-66-34-12-17-48(41(79)21-34)110-50-23-35-22-49(67(50)115-77-68(64(97)63(96)51(28-89)111-77)113-53-26-42(80)62(95)76(106)114-53)109-37-13-8-31(9-14-37)61(94)59(87-70(99)55(82)32-10-16-46(92)40(78)20-32)73(102)83-44(18-30-6-4-3-5-7-30)69(98)84-57(35)72(101)85-56-33-11-15-45(91)38(19-33)54-39(24-36(90)25-47(54)93)58(75(104)105)86-74(103)60(66)88-71(56)100/h3-17,19-25,29,38,42-45,51-53,55-66,68,76-77,89-97,106H,18,26-28,80-82H2,1-2H3,(H,83,102)(H,84,98)(H,85,101)(H,86,103)(H,87,99)(H,88,100)(H,104,105)/t29-,38?,42-,43-,44-,45?,51+,52-,53+,55+,56+,57+,58-,59+,60-,61+,62+,63+,64-,65-,66+,68+,76+,77-/m0/s1. The highest BCUT2D eigenvalue weighted by Crippen LogP contribution is 2.49. The third kappa shape index (κ3) is 17.7. The third-order valence-corrected chi connectivity index (χ3v) is 21.4. The van der Waals surface area contributed by atoms with E-state index in [0.29, 0.717) is 5.56 Å². The third-order valence-electron chi connectivity index (χ3n) is 20.8. The van der Waals surface area contributed by atoms with Crippen LogP contribution in [0.2, 0.25) is 10.0 Å². The van der Waals surface area contributed by atoms with E-state index in [2.05, 4.69) is 31.9 Å². The molecule has 2 unspecified atom stereocenters. The molecule has 24 atom stereocenters. The van der Waals surface area contributed by atoms with Crippen molar-refractivity contribution in [2.45, 2.75) is 173 Å². The monoisotopic (exact) mass is 1640 g/mol. The molecule has 0 radical (unpaired) electrons. The van der Waals surface area contributed by atoms with Crippen LogP contribution in [0.4, 0.5) is 0 Å². The maximum absolute atomic E-state index is 16.6. The number of carboxylic acid groups (broad SMARTS) is 1. The van der Waals surface area contributed by atoms with E-state index in [9.17, 15) is 65.8 Å². The average Bonchev–Trinajstić information content (AvgIpc) is 0.763. The molecule has 1 aliphatic carbocycles. The minimum Gasteiger partial charge on any atom is -0.508 e. The lowest BCUT2D eigenvalue weighted by atomic mass is 9.80. The van der Waals surface area contributed by atoms with E-state index >= 15 is 24.0 Å². The number of amides is 6. The van der Waals surface area contributed by atoms with Gasteiger partial charge >= 0.3 is 5.97 Å². The fraction of sp³-hybridized carbons (Fsp3) is 0.390. The number of hydrogen-bond donors (Lipinski definition) is 20. The Kier molecular flexibility index (Phi) is 25.0. The second-order valence-corrected chi connectivity index (χ2v) is 29.4. The number of carbonyl (C=O) groups is 7. The van der Waals surface area contributed by atoms with Crippen molar-refractivity contribution in [1.82, 2.24) is 31.9 Å². The first-order valence-corrected chi connectivity index (χ1v) is 37.0. The minimum absolute atomic E-state index is 0.0418. The highest BCUT2D eigenvalue weighted by atomic mass is 35.5. The molecule has 6 amide bonds. The van der Waals surface area contributed by atoms with Gasteiger partial charge in [-0.05, 0) is 100 Å². The van der Waals surface area contributed by atoms with Crippen molar-refractivity contribution in [2.24, 2.45) is 17.2 Å². The zero-order chi connectivity index (χ0) is 82.3. The number of phenols is 3. The lowest BCUT2D eigenvalue weighted by Gasteiger charge is -2.44. The Morgan fingerprint density at radius 2 is 1.35 bits per heavy atom. The van der Waals surface area contributed by atoms with E-state index < -0.39 is 246 Å². The Hall–Kier alpha value is -10.2.